The van der Waals surface area contributed by atoms with Crippen LogP contribution in [-0.4, -0.2) is 45.5 Å². The van der Waals surface area contributed by atoms with Crippen molar-refractivity contribution in [2.75, 3.05) is 20.1 Å². The first kappa shape index (κ1) is 18.2. The second kappa shape index (κ2) is 8.62. The number of nitrogens with zero attached hydrogens (tertiary/aromatic N) is 5. The van der Waals surface area contributed by atoms with E-state index >= 15 is 0 Å². The van der Waals surface area contributed by atoms with E-state index in [0.29, 0.717) is 12.0 Å². The maximum absolute atomic E-state index is 4.44. The van der Waals surface area contributed by atoms with Crippen LogP contribution in [0.1, 0.15) is 24.4 Å². The summed E-state index contributed by atoms with van der Waals surface area (Å²) in [6.45, 7) is 5.03. The highest BCUT2D eigenvalue weighted by molar-refractivity contribution is 14.0. The number of likely N-dealkylation sites (tertiary alicyclic amines) is 1. The van der Waals surface area contributed by atoms with Crippen molar-refractivity contribution in [1.82, 2.24) is 24.8 Å². The third-order valence-electron chi connectivity index (χ3n) is 4.22. The number of imidazole rings is 1. The van der Waals surface area contributed by atoms with Crippen molar-refractivity contribution in [3.8, 4) is 0 Å². The zero-order valence-electron chi connectivity index (χ0n) is 13.4. The van der Waals surface area contributed by atoms with Gasteiger partial charge in [0.05, 0.1) is 18.9 Å². The Labute approximate surface area is 158 Å². The highest BCUT2D eigenvalue weighted by Gasteiger charge is 2.28. The number of thiazole rings is 1. The lowest BCUT2D eigenvalue weighted by atomic mass is 9.93. The first-order chi connectivity index (χ1) is 10.8. The number of rotatable bonds is 3. The highest BCUT2D eigenvalue weighted by Crippen LogP contribution is 2.27. The summed E-state index contributed by atoms with van der Waals surface area (Å²) in [6, 6.07) is 0.440. The van der Waals surface area contributed by atoms with Crippen molar-refractivity contribution in [2.24, 2.45) is 10.9 Å². The smallest absolute Gasteiger partial charge is 0.194 e. The second-order valence-corrected chi connectivity index (χ2v) is 6.59. The lowest BCUT2D eigenvalue weighted by molar-refractivity contribution is 0.189. The van der Waals surface area contributed by atoms with Crippen molar-refractivity contribution in [3.05, 3.63) is 35.3 Å². The first-order valence-corrected chi connectivity index (χ1v) is 8.47. The average Bonchev–Trinajstić information content (AvgIpc) is 3.22. The predicted molar refractivity (Wildman–Crippen MR) is 104 cm³/mol. The highest BCUT2D eigenvalue weighted by atomic mass is 127. The molecular formula is C15H23IN6S. The summed E-state index contributed by atoms with van der Waals surface area (Å²) in [7, 11) is 1.84. The fourth-order valence-electron chi connectivity index (χ4n) is 2.92. The summed E-state index contributed by atoms with van der Waals surface area (Å²) >= 11 is 1.66. The summed E-state index contributed by atoms with van der Waals surface area (Å²) in [4.78, 5) is 15.3. The normalized spacial score (nSPS) is 21.8. The molecule has 0 bridgehead atoms. The Balaban J connectivity index is 0.00000192. The molecule has 23 heavy (non-hydrogen) atoms. The van der Waals surface area contributed by atoms with Gasteiger partial charge in [-0.15, -0.1) is 35.3 Å². The minimum Gasteiger partial charge on any atom is -0.350 e. The van der Waals surface area contributed by atoms with Crippen molar-refractivity contribution in [2.45, 2.75) is 25.9 Å². The molecule has 3 heterocycles. The van der Waals surface area contributed by atoms with Crippen LogP contribution in [0.25, 0.3) is 0 Å². The van der Waals surface area contributed by atoms with Crippen LogP contribution in [0.2, 0.25) is 0 Å². The SMILES string of the molecule is CN=C(NCc1nccs1)N1CCC(C)C(n2ccnc2)C1.I. The fourth-order valence-corrected chi connectivity index (χ4v) is 3.48. The largest absolute Gasteiger partial charge is 0.350 e. The average molecular weight is 446 g/mol. The van der Waals surface area contributed by atoms with E-state index in [4.69, 9.17) is 0 Å². The van der Waals surface area contributed by atoms with E-state index in [1.165, 1.54) is 0 Å². The number of hydrogen-bond acceptors (Lipinski definition) is 4. The van der Waals surface area contributed by atoms with Crippen LogP contribution in [0, 0.1) is 5.92 Å². The predicted octanol–water partition coefficient (Wildman–Crippen LogP) is 2.62. The minimum atomic E-state index is 0. The molecule has 8 heteroatoms. The van der Waals surface area contributed by atoms with Crippen LogP contribution >= 0.6 is 35.3 Å². The third kappa shape index (κ3) is 4.43. The molecule has 0 radical (unpaired) electrons. The third-order valence-corrected chi connectivity index (χ3v) is 5.00. The number of nitrogens with one attached hydrogen (secondary N) is 1. The van der Waals surface area contributed by atoms with E-state index in [1.54, 1.807) is 11.3 Å². The molecule has 3 rings (SSSR count). The molecule has 2 aromatic heterocycles. The summed E-state index contributed by atoms with van der Waals surface area (Å²) in [5.74, 6) is 1.59. The molecule has 1 aliphatic rings. The quantitative estimate of drug-likeness (QED) is 0.448. The number of guanidine groups is 1. The van der Waals surface area contributed by atoms with Crippen LogP contribution in [0.15, 0.2) is 35.3 Å². The first-order valence-electron chi connectivity index (χ1n) is 7.59. The van der Waals surface area contributed by atoms with Gasteiger partial charge in [-0.05, 0) is 12.3 Å². The Hall–Kier alpha value is -1.16. The molecule has 0 amide bonds. The van der Waals surface area contributed by atoms with Gasteiger partial charge < -0.3 is 14.8 Å². The Morgan fingerprint density at radius 2 is 2.35 bits per heavy atom. The van der Waals surface area contributed by atoms with Gasteiger partial charge in [-0.3, -0.25) is 4.99 Å². The lowest BCUT2D eigenvalue weighted by Gasteiger charge is -2.39. The van der Waals surface area contributed by atoms with Gasteiger partial charge in [-0.1, -0.05) is 6.92 Å². The van der Waals surface area contributed by atoms with E-state index in [1.807, 2.05) is 31.1 Å². The topological polar surface area (TPSA) is 58.3 Å². The van der Waals surface area contributed by atoms with Crippen LogP contribution in [0.5, 0.6) is 0 Å². The minimum absolute atomic E-state index is 0. The fraction of sp³-hybridized carbons (Fsp3) is 0.533. The van der Waals surface area contributed by atoms with Gasteiger partial charge in [0.15, 0.2) is 5.96 Å². The van der Waals surface area contributed by atoms with Crippen molar-refractivity contribution in [3.63, 3.8) is 0 Å². The van der Waals surface area contributed by atoms with Gasteiger partial charge in [0, 0.05) is 44.1 Å². The second-order valence-electron chi connectivity index (χ2n) is 5.62. The summed E-state index contributed by atoms with van der Waals surface area (Å²) in [5, 5.41) is 6.50. The molecule has 0 spiro atoms. The molecule has 6 nitrogen and oxygen atoms in total. The van der Waals surface area contributed by atoms with Gasteiger partial charge in [0.25, 0.3) is 0 Å². The summed E-state index contributed by atoms with van der Waals surface area (Å²) in [5.41, 5.74) is 0. The van der Waals surface area contributed by atoms with Gasteiger partial charge >= 0.3 is 0 Å². The Bertz CT molecular complexity index is 598. The van der Waals surface area contributed by atoms with E-state index in [0.717, 1.165) is 37.0 Å². The molecule has 2 aromatic rings. The number of piperidine rings is 1. The van der Waals surface area contributed by atoms with Crippen LogP contribution < -0.4 is 5.32 Å². The van der Waals surface area contributed by atoms with Crippen LogP contribution in [-0.2, 0) is 6.54 Å². The number of hydrogen-bond donors (Lipinski definition) is 1. The summed E-state index contributed by atoms with van der Waals surface area (Å²) < 4.78 is 2.21. The zero-order valence-corrected chi connectivity index (χ0v) is 16.6. The van der Waals surface area contributed by atoms with Crippen molar-refractivity contribution in [1.29, 1.82) is 0 Å². The Morgan fingerprint density at radius 1 is 1.48 bits per heavy atom. The van der Waals surface area contributed by atoms with Crippen LogP contribution in [0.4, 0.5) is 0 Å². The van der Waals surface area contributed by atoms with Gasteiger partial charge in [0.2, 0.25) is 0 Å². The van der Waals surface area contributed by atoms with Gasteiger partial charge in [-0.2, -0.15) is 0 Å². The number of aromatic nitrogens is 3. The molecule has 2 unspecified atom stereocenters. The molecule has 0 aliphatic carbocycles. The number of aliphatic imine (C=N–C) groups is 1. The van der Waals surface area contributed by atoms with Gasteiger partial charge in [-0.25, -0.2) is 9.97 Å². The molecule has 1 aliphatic heterocycles. The maximum atomic E-state index is 4.44. The van der Waals surface area contributed by atoms with Gasteiger partial charge in [0.1, 0.15) is 5.01 Å². The van der Waals surface area contributed by atoms with Crippen molar-refractivity contribution >= 4 is 41.3 Å². The Morgan fingerprint density at radius 3 is 3.00 bits per heavy atom. The zero-order chi connectivity index (χ0) is 15.4. The standard InChI is InChI=1S/C15H22N6S.HI/c1-12-3-6-20(10-13(12)21-7-4-17-11-21)15(16-2)19-9-14-18-5-8-22-14;/h4-5,7-8,11-13H,3,6,9-10H2,1-2H3,(H,16,19);1H. The Kier molecular flexibility index (Phi) is 6.82. The monoisotopic (exact) mass is 446 g/mol. The van der Waals surface area contributed by atoms with E-state index in [2.05, 4.69) is 42.9 Å². The number of halogens is 1. The molecule has 1 saturated heterocycles. The van der Waals surface area contributed by atoms with E-state index in [-0.39, 0.29) is 24.0 Å². The molecule has 0 aromatic carbocycles. The molecule has 0 saturated carbocycles. The maximum Gasteiger partial charge on any atom is 0.194 e. The summed E-state index contributed by atoms with van der Waals surface area (Å²) in [6.07, 6.45) is 8.80. The van der Waals surface area contributed by atoms with Crippen LogP contribution in [0.3, 0.4) is 0 Å². The molecule has 126 valence electrons. The van der Waals surface area contributed by atoms with E-state index < -0.39 is 0 Å². The molecule has 2 atom stereocenters. The molecule has 1 N–H and O–H groups in total. The van der Waals surface area contributed by atoms with Crippen molar-refractivity contribution < 1.29 is 0 Å². The molecular weight excluding hydrogens is 423 g/mol. The lowest BCUT2D eigenvalue weighted by Crippen LogP contribution is -2.48. The van der Waals surface area contributed by atoms with E-state index in [9.17, 15) is 0 Å². The molecule has 1 fully saturated rings.